The van der Waals surface area contributed by atoms with E-state index in [0.717, 1.165) is 24.8 Å². The smallest absolute Gasteiger partial charge is 0.358 e. The Hall–Kier alpha value is -3.37. The number of benzene rings is 2. The molecule has 0 bridgehead atoms. The first-order chi connectivity index (χ1) is 17.5. The number of aromatic nitrogens is 2. The maximum Gasteiger partial charge on any atom is 0.358 e. The van der Waals surface area contributed by atoms with Gasteiger partial charge in [-0.3, -0.25) is 18.7 Å². The van der Waals surface area contributed by atoms with Crippen molar-refractivity contribution in [2.75, 3.05) is 13.7 Å². The lowest BCUT2D eigenvalue weighted by molar-refractivity contribution is -0.0567. The minimum atomic E-state index is -4.32. The molecule has 0 radical (unpaired) electrons. The van der Waals surface area contributed by atoms with Gasteiger partial charge >= 0.3 is 7.60 Å². The molecule has 4 rings (SSSR count). The number of hydrogen-bond acceptors (Lipinski definition) is 7. The predicted molar refractivity (Wildman–Crippen MR) is 132 cm³/mol. The highest BCUT2D eigenvalue weighted by atomic mass is 31.2. The number of fused-ring (bicyclic) bond motifs is 1. The molecule has 1 aliphatic rings. The van der Waals surface area contributed by atoms with E-state index in [1.807, 2.05) is 30.3 Å². The Morgan fingerprint density at radius 1 is 1.27 bits per heavy atom. The van der Waals surface area contributed by atoms with Crippen LogP contribution in [-0.4, -0.2) is 34.1 Å². The number of nitrogens with zero attached hydrogens (tertiary/aromatic N) is 2. The molecule has 0 saturated heterocycles. The van der Waals surface area contributed by atoms with E-state index < -0.39 is 30.5 Å². The van der Waals surface area contributed by atoms with Crippen LogP contribution in [0.15, 0.2) is 53.3 Å². The van der Waals surface area contributed by atoms with Crippen molar-refractivity contribution in [1.29, 1.82) is 0 Å². The minimum absolute atomic E-state index is 0.0287. The monoisotopic (exact) mass is 531 g/mol. The highest BCUT2D eigenvalue weighted by molar-refractivity contribution is 7.61. The zero-order valence-electron chi connectivity index (χ0n) is 20.6. The number of hydrogen-bond donors (Lipinski definition) is 2. The van der Waals surface area contributed by atoms with Crippen LogP contribution in [0.25, 0.3) is 0 Å². The maximum atomic E-state index is 13.8. The Labute approximate surface area is 212 Å². The van der Waals surface area contributed by atoms with Crippen LogP contribution in [0.1, 0.15) is 41.3 Å². The molecule has 2 heterocycles. The van der Waals surface area contributed by atoms with Crippen molar-refractivity contribution in [3.8, 4) is 5.75 Å². The second-order valence-electron chi connectivity index (χ2n) is 8.86. The van der Waals surface area contributed by atoms with Gasteiger partial charge in [-0.05, 0) is 37.1 Å². The van der Waals surface area contributed by atoms with E-state index in [0.29, 0.717) is 6.61 Å². The fraction of sp³-hybridized carbons (Fsp3) is 0.320. The van der Waals surface area contributed by atoms with Crippen LogP contribution >= 0.6 is 7.60 Å². The molecule has 12 heteroatoms. The highest BCUT2D eigenvalue weighted by Crippen LogP contribution is 2.40. The number of ether oxygens (including phenoxy) is 2. The van der Waals surface area contributed by atoms with Gasteiger partial charge in [0.2, 0.25) is 5.75 Å². The van der Waals surface area contributed by atoms with E-state index in [2.05, 4.69) is 14.8 Å². The molecule has 1 aliphatic heterocycles. The third-order valence-electron chi connectivity index (χ3n) is 5.92. The highest BCUT2D eigenvalue weighted by Gasteiger charge is 2.35. The fourth-order valence-electron chi connectivity index (χ4n) is 3.98. The van der Waals surface area contributed by atoms with Crippen molar-refractivity contribution in [2.24, 2.45) is 0 Å². The van der Waals surface area contributed by atoms with Crippen LogP contribution in [0.2, 0.25) is 0 Å². The van der Waals surface area contributed by atoms with Crippen LogP contribution in [0, 0.1) is 5.82 Å². The molecule has 0 fully saturated rings. The first-order valence-corrected chi connectivity index (χ1v) is 13.0. The first-order valence-electron chi connectivity index (χ1n) is 11.4. The Balaban J connectivity index is 1.70. The van der Waals surface area contributed by atoms with Crippen molar-refractivity contribution in [2.45, 2.75) is 39.1 Å². The van der Waals surface area contributed by atoms with Gasteiger partial charge in [0.1, 0.15) is 23.8 Å². The zero-order chi connectivity index (χ0) is 26.8. The fourth-order valence-corrected chi connectivity index (χ4v) is 4.98. The minimum Gasteiger partial charge on any atom is -0.481 e. The van der Waals surface area contributed by atoms with Crippen LogP contribution < -0.4 is 20.9 Å². The van der Waals surface area contributed by atoms with Crippen LogP contribution in [0.3, 0.4) is 0 Å². The molecular formula is C25H27FN3O7P. The van der Waals surface area contributed by atoms with Crippen molar-refractivity contribution in [3.05, 3.63) is 87.3 Å². The lowest BCUT2D eigenvalue weighted by atomic mass is 10.1. The van der Waals surface area contributed by atoms with Crippen molar-refractivity contribution in [1.82, 2.24) is 14.9 Å². The Bertz CT molecular complexity index is 1430. The second kappa shape index (κ2) is 10.5. The van der Waals surface area contributed by atoms with Crippen molar-refractivity contribution < 1.29 is 32.6 Å². The second-order valence-corrected chi connectivity index (χ2v) is 10.7. The van der Waals surface area contributed by atoms with E-state index in [-0.39, 0.29) is 47.8 Å². The normalized spacial score (nSPS) is 15.9. The van der Waals surface area contributed by atoms with Crippen LogP contribution in [-0.2, 0) is 39.1 Å². The third kappa shape index (κ3) is 5.65. The molecule has 1 amide bonds. The molecule has 2 N–H and O–H groups in total. The zero-order valence-corrected chi connectivity index (χ0v) is 21.5. The van der Waals surface area contributed by atoms with Gasteiger partial charge in [0, 0.05) is 13.7 Å². The van der Waals surface area contributed by atoms with Gasteiger partial charge in [0.25, 0.3) is 11.5 Å². The molecule has 3 aromatic rings. The van der Waals surface area contributed by atoms with E-state index >= 15 is 0 Å². The quantitative estimate of drug-likeness (QED) is 0.425. The van der Waals surface area contributed by atoms with E-state index in [1.165, 1.54) is 10.6 Å². The van der Waals surface area contributed by atoms with Crippen molar-refractivity contribution in [3.63, 3.8) is 0 Å². The number of amides is 1. The summed E-state index contributed by atoms with van der Waals surface area (Å²) in [4.78, 5) is 41.3. The summed E-state index contributed by atoms with van der Waals surface area (Å²) in [5.41, 5.74) is -0.768. The predicted octanol–water partition coefficient (Wildman–Crippen LogP) is 2.61. The first kappa shape index (κ1) is 26.7. The number of rotatable bonds is 8. The average molecular weight is 531 g/mol. The van der Waals surface area contributed by atoms with Crippen LogP contribution in [0.5, 0.6) is 5.75 Å². The largest absolute Gasteiger partial charge is 0.481 e. The lowest BCUT2D eigenvalue weighted by Crippen LogP contribution is -2.43. The van der Waals surface area contributed by atoms with Gasteiger partial charge in [-0.1, -0.05) is 36.4 Å². The average Bonchev–Trinajstić information content (AvgIpc) is 2.87. The summed E-state index contributed by atoms with van der Waals surface area (Å²) in [5, 5.41) is 2.30. The molecule has 1 atom stereocenters. The van der Waals surface area contributed by atoms with Crippen molar-refractivity contribution >= 4 is 18.8 Å². The molecule has 1 aromatic heterocycles. The van der Waals surface area contributed by atoms with E-state index in [1.54, 1.807) is 13.8 Å². The molecular weight excluding hydrogens is 504 g/mol. The summed E-state index contributed by atoms with van der Waals surface area (Å²) in [5.74, 6) is -1.46. The topological polar surface area (TPSA) is 129 Å². The number of carbonyl (C=O) groups is 1. The number of nitrogens with one attached hydrogen (secondary N) is 1. The summed E-state index contributed by atoms with van der Waals surface area (Å²) in [6, 6.07) is 12.4. The van der Waals surface area contributed by atoms with Gasteiger partial charge in [-0.2, -0.15) is 0 Å². The summed E-state index contributed by atoms with van der Waals surface area (Å²) in [6.07, 6.45) is 0. The van der Waals surface area contributed by atoms with Gasteiger partial charge < -0.3 is 24.2 Å². The summed E-state index contributed by atoms with van der Waals surface area (Å²) >= 11 is 0. The summed E-state index contributed by atoms with van der Waals surface area (Å²) in [6.45, 7) is 3.78. The molecule has 2 aromatic carbocycles. The maximum absolute atomic E-state index is 13.8. The van der Waals surface area contributed by atoms with E-state index in [9.17, 15) is 23.4 Å². The van der Waals surface area contributed by atoms with Gasteiger partial charge in [0.05, 0.1) is 18.5 Å². The lowest BCUT2D eigenvalue weighted by Gasteiger charge is -2.32. The standard InChI is InChI=1S/C25H27FN3O7P/c1-25(2)24-28-20(22(30)27-14-17-9-10-18(26)13-19(17)37(32,33)34-3)21(23(31)29(24)11-12-36-25)35-15-16-7-5-4-6-8-16/h4-10,13H,11-12,14-15H2,1-3H3,(H,27,30)(H,32,33). The molecule has 10 nitrogen and oxygen atoms in total. The molecule has 196 valence electrons. The summed E-state index contributed by atoms with van der Waals surface area (Å²) in [7, 11) is -3.29. The van der Waals surface area contributed by atoms with Crippen LogP contribution in [0.4, 0.5) is 4.39 Å². The Morgan fingerprint density at radius 3 is 2.70 bits per heavy atom. The van der Waals surface area contributed by atoms with Gasteiger partial charge in [0.15, 0.2) is 5.69 Å². The molecule has 0 spiro atoms. The summed E-state index contributed by atoms with van der Waals surface area (Å²) < 4.78 is 43.8. The van der Waals surface area contributed by atoms with Gasteiger partial charge in [-0.25, -0.2) is 9.37 Å². The SMILES string of the molecule is COP(=O)(O)c1cc(F)ccc1CNC(=O)c1nc2n(c(=O)c1OCc1ccccc1)CCOC2(C)C. The Kier molecular flexibility index (Phi) is 7.61. The molecule has 0 saturated carbocycles. The molecule has 1 unspecified atom stereocenters. The third-order valence-corrected chi connectivity index (χ3v) is 7.44. The number of carbonyl (C=O) groups excluding carboxylic acids is 1. The molecule has 0 aliphatic carbocycles. The number of halogens is 1. The van der Waals surface area contributed by atoms with Gasteiger partial charge in [-0.15, -0.1) is 0 Å². The van der Waals surface area contributed by atoms with E-state index in [4.69, 9.17) is 9.47 Å². The molecule has 37 heavy (non-hydrogen) atoms. The Morgan fingerprint density at radius 2 is 2.00 bits per heavy atom.